The third kappa shape index (κ3) is 2.14. The van der Waals surface area contributed by atoms with Gasteiger partial charge in [0.1, 0.15) is 5.75 Å². The quantitative estimate of drug-likeness (QED) is 0.879. The van der Waals surface area contributed by atoms with Crippen LogP contribution in [-0.4, -0.2) is 13.2 Å². The third-order valence-corrected chi connectivity index (χ3v) is 5.03. The first-order valence-corrected chi connectivity index (χ1v) is 7.14. The first-order valence-electron chi connectivity index (χ1n) is 7.14. The van der Waals surface area contributed by atoms with Gasteiger partial charge >= 0.3 is 0 Å². The molecule has 0 radical (unpaired) electrons. The fourth-order valence-corrected chi connectivity index (χ4v) is 3.91. The van der Waals surface area contributed by atoms with Crippen LogP contribution in [0.5, 0.6) is 5.75 Å². The summed E-state index contributed by atoms with van der Waals surface area (Å²) in [6.45, 7) is 3.41. The van der Waals surface area contributed by atoms with Crippen molar-refractivity contribution in [3.8, 4) is 5.75 Å². The minimum Gasteiger partial charge on any atom is -0.497 e. The first-order chi connectivity index (χ1) is 8.78. The Hall–Kier alpha value is -1.02. The lowest BCUT2D eigenvalue weighted by molar-refractivity contribution is 0.264. The van der Waals surface area contributed by atoms with Crippen molar-refractivity contribution in [2.75, 3.05) is 7.11 Å². The van der Waals surface area contributed by atoms with Crippen molar-refractivity contribution in [2.24, 2.45) is 17.8 Å². The van der Waals surface area contributed by atoms with Gasteiger partial charge in [0, 0.05) is 12.6 Å². The normalized spacial score (nSPS) is 33.9. The number of fused-ring (bicyclic) bond motifs is 2. The Balaban J connectivity index is 1.57. The average Bonchev–Trinajstić information content (AvgIpc) is 2.99. The predicted molar refractivity (Wildman–Crippen MR) is 73.6 cm³/mol. The number of hydrogen-bond acceptors (Lipinski definition) is 2. The van der Waals surface area contributed by atoms with Gasteiger partial charge in [0.25, 0.3) is 0 Å². The summed E-state index contributed by atoms with van der Waals surface area (Å²) < 4.78 is 5.18. The monoisotopic (exact) mass is 245 g/mol. The molecule has 2 fully saturated rings. The summed E-state index contributed by atoms with van der Waals surface area (Å²) in [7, 11) is 1.71. The van der Waals surface area contributed by atoms with Crippen LogP contribution in [-0.2, 0) is 6.54 Å². The number of methoxy groups -OCH3 is 1. The maximum Gasteiger partial charge on any atom is 0.118 e. The van der Waals surface area contributed by atoms with Gasteiger partial charge in [-0.25, -0.2) is 0 Å². The van der Waals surface area contributed by atoms with Crippen LogP contribution >= 0.6 is 0 Å². The molecule has 3 rings (SSSR count). The second-order valence-corrected chi connectivity index (χ2v) is 5.95. The molecule has 0 amide bonds. The zero-order valence-electron chi connectivity index (χ0n) is 11.4. The Labute approximate surface area is 110 Å². The summed E-state index contributed by atoms with van der Waals surface area (Å²) in [5.74, 6) is 3.72. The average molecular weight is 245 g/mol. The summed E-state index contributed by atoms with van der Waals surface area (Å²) in [5.41, 5.74) is 1.35. The highest BCUT2D eigenvalue weighted by Gasteiger charge is 2.44. The van der Waals surface area contributed by atoms with E-state index in [-0.39, 0.29) is 0 Å². The molecule has 4 atom stereocenters. The molecule has 2 nitrogen and oxygen atoms in total. The van der Waals surface area contributed by atoms with Crippen molar-refractivity contribution in [1.82, 2.24) is 5.32 Å². The molecule has 4 unspecified atom stereocenters. The Morgan fingerprint density at radius 2 is 1.89 bits per heavy atom. The van der Waals surface area contributed by atoms with E-state index in [4.69, 9.17) is 4.74 Å². The maximum absolute atomic E-state index is 5.18. The SMILES string of the molecule is COc1ccc(CNC2C3CCC(C3)C2C)cc1. The molecule has 1 aromatic carbocycles. The van der Waals surface area contributed by atoms with Crippen LogP contribution in [0.2, 0.25) is 0 Å². The lowest BCUT2D eigenvalue weighted by atomic mass is 9.86. The molecular weight excluding hydrogens is 222 g/mol. The second kappa shape index (κ2) is 4.93. The number of ether oxygens (including phenoxy) is 1. The van der Waals surface area contributed by atoms with Gasteiger partial charge in [0.15, 0.2) is 0 Å². The summed E-state index contributed by atoms with van der Waals surface area (Å²) in [4.78, 5) is 0. The minimum atomic E-state index is 0.742. The van der Waals surface area contributed by atoms with Gasteiger partial charge in [-0.3, -0.25) is 0 Å². The molecule has 0 aliphatic heterocycles. The van der Waals surface area contributed by atoms with E-state index in [2.05, 4.69) is 24.4 Å². The minimum absolute atomic E-state index is 0.742. The fraction of sp³-hybridized carbons (Fsp3) is 0.625. The van der Waals surface area contributed by atoms with Crippen molar-refractivity contribution < 1.29 is 4.74 Å². The molecule has 0 aromatic heterocycles. The van der Waals surface area contributed by atoms with E-state index in [9.17, 15) is 0 Å². The molecule has 2 aliphatic rings. The van der Waals surface area contributed by atoms with Crippen LogP contribution < -0.4 is 10.1 Å². The van der Waals surface area contributed by atoms with Crippen molar-refractivity contribution in [2.45, 2.75) is 38.8 Å². The maximum atomic E-state index is 5.18. The van der Waals surface area contributed by atoms with Crippen molar-refractivity contribution in [1.29, 1.82) is 0 Å². The molecule has 18 heavy (non-hydrogen) atoms. The number of benzene rings is 1. The van der Waals surface area contributed by atoms with Gasteiger partial charge in [0.05, 0.1) is 7.11 Å². The largest absolute Gasteiger partial charge is 0.497 e. The number of nitrogens with one attached hydrogen (secondary N) is 1. The summed E-state index contributed by atoms with van der Waals surface area (Å²) in [6, 6.07) is 9.14. The van der Waals surface area contributed by atoms with Crippen LogP contribution in [0, 0.1) is 17.8 Å². The van der Waals surface area contributed by atoms with Crippen molar-refractivity contribution >= 4 is 0 Å². The number of rotatable bonds is 4. The van der Waals surface area contributed by atoms with Gasteiger partial charge in [-0.2, -0.15) is 0 Å². The first kappa shape index (κ1) is 12.0. The van der Waals surface area contributed by atoms with E-state index in [0.29, 0.717) is 0 Å². The molecule has 98 valence electrons. The highest BCUT2D eigenvalue weighted by atomic mass is 16.5. The van der Waals surface area contributed by atoms with Crippen molar-refractivity contribution in [3.63, 3.8) is 0 Å². The van der Waals surface area contributed by atoms with Crippen LogP contribution in [0.15, 0.2) is 24.3 Å². The molecule has 0 heterocycles. The van der Waals surface area contributed by atoms with Crippen LogP contribution in [0.25, 0.3) is 0 Å². The predicted octanol–water partition coefficient (Wildman–Crippen LogP) is 3.22. The zero-order valence-corrected chi connectivity index (χ0v) is 11.4. The Bertz CT molecular complexity index is 398. The van der Waals surface area contributed by atoms with Gasteiger partial charge in [-0.05, 0) is 54.7 Å². The Kier molecular flexibility index (Phi) is 3.29. The summed E-state index contributed by atoms with van der Waals surface area (Å²) in [6.07, 6.45) is 4.36. The van der Waals surface area contributed by atoms with Crippen LogP contribution in [0.3, 0.4) is 0 Å². The topological polar surface area (TPSA) is 21.3 Å². The molecule has 1 aromatic rings. The van der Waals surface area contributed by atoms with Crippen LogP contribution in [0.4, 0.5) is 0 Å². The molecule has 2 saturated carbocycles. The Morgan fingerprint density at radius 1 is 1.17 bits per heavy atom. The smallest absolute Gasteiger partial charge is 0.118 e. The van der Waals surface area contributed by atoms with E-state index >= 15 is 0 Å². The molecule has 0 saturated heterocycles. The summed E-state index contributed by atoms with van der Waals surface area (Å²) >= 11 is 0. The van der Waals surface area contributed by atoms with E-state index < -0.39 is 0 Å². The van der Waals surface area contributed by atoms with Gasteiger partial charge in [0.2, 0.25) is 0 Å². The molecule has 2 heteroatoms. The molecule has 2 aliphatic carbocycles. The van der Waals surface area contributed by atoms with E-state index in [1.807, 2.05) is 12.1 Å². The highest BCUT2D eigenvalue weighted by Crippen LogP contribution is 2.48. The van der Waals surface area contributed by atoms with E-state index in [0.717, 1.165) is 36.1 Å². The lowest BCUT2D eigenvalue weighted by Gasteiger charge is -2.29. The van der Waals surface area contributed by atoms with E-state index in [1.54, 1.807) is 7.11 Å². The fourth-order valence-electron chi connectivity index (χ4n) is 3.91. The van der Waals surface area contributed by atoms with Crippen molar-refractivity contribution in [3.05, 3.63) is 29.8 Å². The number of hydrogen-bond donors (Lipinski definition) is 1. The van der Waals surface area contributed by atoms with Gasteiger partial charge < -0.3 is 10.1 Å². The van der Waals surface area contributed by atoms with E-state index in [1.165, 1.54) is 24.8 Å². The Morgan fingerprint density at radius 3 is 2.50 bits per heavy atom. The second-order valence-electron chi connectivity index (χ2n) is 5.95. The zero-order chi connectivity index (χ0) is 12.5. The molecule has 2 bridgehead atoms. The standard InChI is InChI=1S/C16H23NO/c1-11-13-5-6-14(9-13)16(11)17-10-12-3-7-15(18-2)8-4-12/h3-4,7-8,11,13-14,16-17H,5-6,9-10H2,1-2H3. The molecular formula is C16H23NO. The van der Waals surface area contributed by atoms with Gasteiger partial charge in [-0.1, -0.05) is 19.1 Å². The third-order valence-electron chi connectivity index (χ3n) is 5.03. The molecule has 0 spiro atoms. The lowest BCUT2D eigenvalue weighted by Crippen LogP contribution is -2.39. The van der Waals surface area contributed by atoms with Crippen LogP contribution in [0.1, 0.15) is 31.7 Å². The molecule has 1 N–H and O–H groups in total. The highest BCUT2D eigenvalue weighted by molar-refractivity contribution is 5.27. The van der Waals surface area contributed by atoms with Gasteiger partial charge in [-0.15, -0.1) is 0 Å². The summed E-state index contributed by atoms with van der Waals surface area (Å²) in [5, 5.41) is 3.78.